The molecule has 28 heavy (non-hydrogen) atoms. The zero-order valence-corrected chi connectivity index (χ0v) is 17.5. The maximum Gasteiger partial charge on any atom is 0.220 e. The first-order valence-electron chi connectivity index (χ1n) is 9.43. The summed E-state index contributed by atoms with van der Waals surface area (Å²) >= 11 is 7.69. The Hall–Kier alpha value is -1.98. The molecule has 1 aliphatic rings. The third-order valence-electron chi connectivity index (χ3n) is 5.15. The van der Waals surface area contributed by atoms with E-state index < -0.39 is 0 Å². The predicted octanol–water partition coefficient (Wildman–Crippen LogP) is 4.35. The quantitative estimate of drug-likeness (QED) is 0.629. The molecule has 2 aromatic rings. The van der Waals surface area contributed by atoms with Gasteiger partial charge in [-0.2, -0.15) is 0 Å². The summed E-state index contributed by atoms with van der Waals surface area (Å²) in [4.78, 5) is 25.5. The van der Waals surface area contributed by atoms with Crippen molar-refractivity contribution in [1.29, 1.82) is 0 Å². The first kappa shape index (κ1) is 20.7. The van der Waals surface area contributed by atoms with Gasteiger partial charge in [-0.3, -0.25) is 9.59 Å². The Labute approximate surface area is 175 Å². The first-order chi connectivity index (χ1) is 13.5. The average Bonchev–Trinajstić information content (AvgIpc) is 3.06. The molecule has 2 aromatic carbocycles. The normalized spacial score (nSPS) is 18.7. The molecule has 0 radical (unpaired) electrons. The van der Waals surface area contributed by atoms with E-state index in [9.17, 15) is 9.59 Å². The molecule has 0 bridgehead atoms. The third-order valence-corrected chi connectivity index (χ3v) is 6.12. The number of carbonyl (C=O) groups excluding carboxylic acids is 2. The summed E-state index contributed by atoms with van der Waals surface area (Å²) < 4.78 is 0. The van der Waals surface area contributed by atoms with E-state index in [-0.39, 0.29) is 17.4 Å². The second-order valence-electron chi connectivity index (χ2n) is 7.26. The Morgan fingerprint density at radius 3 is 2.64 bits per heavy atom. The van der Waals surface area contributed by atoms with Crippen LogP contribution in [0, 0.1) is 0 Å². The van der Waals surface area contributed by atoms with Crippen LogP contribution >= 0.6 is 23.4 Å². The van der Waals surface area contributed by atoms with Gasteiger partial charge in [0.2, 0.25) is 11.8 Å². The van der Waals surface area contributed by atoms with Crippen LogP contribution in [0.4, 0.5) is 0 Å². The highest BCUT2D eigenvalue weighted by Crippen LogP contribution is 2.30. The van der Waals surface area contributed by atoms with Crippen LogP contribution in [0.25, 0.3) is 0 Å². The summed E-state index contributed by atoms with van der Waals surface area (Å²) in [6.45, 7) is 0.453. The van der Waals surface area contributed by atoms with Crippen LogP contribution in [0.5, 0.6) is 0 Å². The molecule has 1 saturated heterocycles. The van der Waals surface area contributed by atoms with Gasteiger partial charge < -0.3 is 10.6 Å². The minimum Gasteiger partial charge on any atom is -0.352 e. The van der Waals surface area contributed by atoms with Gasteiger partial charge in [-0.15, -0.1) is 11.8 Å². The molecule has 4 nitrogen and oxygen atoms in total. The van der Waals surface area contributed by atoms with Crippen molar-refractivity contribution in [3.63, 3.8) is 0 Å². The molecule has 2 N–H and O–H groups in total. The highest BCUT2D eigenvalue weighted by molar-refractivity contribution is 7.98. The maximum absolute atomic E-state index is 12.4. The molecule has 2 amide bonds. The van der Waals surface area contributed by atoms with Gasteiger partial charge in [0, 0.05) is 34.8 Å². The third kappa shape index (κ3) is 5.76. The molecule has 3 rings (SSSR count). The molecule has 1 atom stereocenters. The van der Waals surface area contributed by atoms with Crippen molar-refractivity contribution in [3.8, 4) is 0 Å². The lowest BCUT2D eigenvalue weighted by molar-refractivity contribution is -0.122. The van der Waals surface area contributed by atoms with Gasteiger partial charge in [-0.1, -0.05) is 35.9 Å². The minimum absolute atomic E-state index is 0.0155. The summed E-state index contributed by atoms with van der Waals surface area (Å²) in [7, 11) is 0. The Bertz CT molecular complexity index is 841. The lowest BCUT2D eigenvalue weighted by Gasteiger charge is -2.29. The monoisotopic (exact) mass is 416 g/mol. The number of carbonyl (C=O) groups is 2. The zero-order chi connectivity index (χ0) is 20.0. The fourth-order valence-electron chi connectivity index (χ4n) is 3.60. The molecule has 0 spiro atoms. The first-order valence-corrected chi connectivity index (χ1v) is 11.0. The zero-order valence-electron chi connectivity index (χ0n) is 16.0. The Balaban J connectivity index is 1.57. The molecular formula is C22H25ClN2O2S. The molecule has 6 heteroatoms. The van der Waals surface area contributed by atoms with Crippen LogP contribution in [-0.2, 0) is 22.6 Å². The van der Waals surface area contributed by atoms with E-state index in [0.29, 0.717) is 30.8 Å². The van der Waals surface area contributed by atoms with Crippen LogP contribution in [0.3, 0.4) is 0 Å². The van der Waals surface area contributed by atoms with Crippen molar-refractivity contribution in [2.75, 3.05) is 6.26 Å². The van der Waals surface area contributed by atoms with Crippen molar-refractivity contribution >= 4 is 35.2 Å². The van der Waals surface area contributed by atoms with E-state index in [1.165, 1.54) is 10.5 Å². The van der Waals surface area contributed by atoms with Crippen molar-refractivity contribution in [3.05, 3.63) is 64.7 Å². The number of nitrogens with one attached hydrogen (secondary N) is 2. The van der Waals surface area contributed by atoms with Crippen LogP contribution < -0.4 is 10.6 Å². The Morgan fingerprint density at radius 2 is 2.00 bits per heavy atom. The van der Waals surface area contributed by atoms with Crippen molar-refractivity contribution in [2.24, 2.45) is 0 Å². The number of amides is 2. The maximum atomic E-state index is 12.4. The average molecular weight is 417 g/mol. The number of thioether (sulfide) groups is 1. The van der Waals surface area contributed by atoms with Crippen molar-refractivity contribution in [2.45, 2.75) is 49.1 Å². The van der Waals surface area contributed by atoms with E-state index in [2.05, 4.69) is 41.2 Å². The van der Waals surface area contributed by atoms with Gasteiger partial charge in [0.05, 0.1) is 0 Å². The smallest absolute Gasteiger partial charge is 0.220 e. The summed E-state index contributed by atoms with van der Waals surface area (Å²) in [6, 6.07) is 15.9. The molecule has 0 aromatic heterocycles. The summed E-state index contributed by atoms with van der Waals surface area (Å²) in [6.07, 6.45) is 5.09. The lowest BCUT2D eigenvalue weighted by Crippen LogP contribution is -2.44. The van der Waals surface area contributed by atoms with Crippen LogP contribution in [0.2, 0.25) is 5.02 Å². The summed E-state index contributed by atoms with van der Waals surface area (Å²) in [5.74, 6) is 0.0540. The minimum atomic E-state index is -0.342. The van der Waals surface area contributed by atoms with Gasteiger partial charge in [0.15, 0.2) is 0 Å². The van der Waals surface area contributed by atoms with E-state index in [0.717, 1.165) is 18.4 Å². The van der Waals surface area contributed by atoms with E-state index in [1.54, 1.807) is 11.8 Å². The molecule has 0 saturated carbocycles. The van der Waals surface area contributed by atoms with E-state index in [1.807, 2.05) is 24.3 Å². The van der Waals surface area contributed by atoms with Gasteiger partial charge in [0.1, 0.15) is 0 Å². The lowest BCUT2D eigenvalue weighted by atomic mass is 9.85. The predicted molar refractivity (Wildman–Crippen MR) is 115 cm³/mol. The topological polar surface area (TPSA) is 58.2 Å². The summed E-state index contributed by atoms with van der Waals surface area (Å²) in [5.41, 5.74) is 1.81. The molecule has 1 fully saturated rings. The van der Waals surface area contributed by atoms with Crippen LogP contribution in [-0.4, -0.2) is 23.6 Å². The Kier molecular flexibility index (Phi) is 7.03. The number of hydrogen-bond acceptors (Lipinski definition) is 3. The second kappa shape index (κ2) is 9.48. The standard InChI is InChI=1S/C22H25ClN2O2S/c1-28-19-7-5-16(6-8-19)14-22(12-10-21(27)25-22)11-9-20(26)24-15-17-3-2-4-18(23)13-17/h2-8,13H,9-12,14-15H2,1H3,(H,24,26)(H,25,27)/t22-/m1/s1. The highest BCUT2D eigenvalue weighted by atomic mass is 35.5. The SMILES string of the molecule is CSc1ccc(C[C@@]2(CCC(=O)NCc3cccc(Cl)c3)CCC(=O)N2)cc1. The van der Waals surface area contributed by atoms with Crippen LogP contribution in [0.1, 0.15) is 36.8 Å². The molecule has 1 aliphatic heterocycles. The Morgan fingerprint density at radius 1 is 1.21 bits per heavy atom. The van der Waals surface area contributed by atoms with Gasteiger partial charge in [-0.25, -0.2) is 0 Å². The largest absolute Gasteiger partial charge is 0.352 e. The van der Waals surface area contributed by atoms with Crippen LogP contribution in [0.15, 0.2) is 53.4 Å². The number of hydrogen-bond donors (Lipinski definition) is 2. The highest BCUT2D eigenvalue weighted by Gasteiger charge is 2.37. The number of rotatable bonds is 8. The second-order valence-corrected chi connectivity index (χ2v) is 8.58. The van der Waals surface area contributed by atoms with E-state index in [4.69, 9.17) is 11.6 Å². The van der Waals surface area contributed by atoms with Crippen molar-refractivity contribution in [1.82, 2.24) is 10.6 Å². The van der Waals surface area contributed by atoms with Gasteiger partial charge in [-0.05, 0) is 60.9 Å². The summed E-state index contributed by atoms with van der Waals surface area (Å²) in [5, 5.41) is 6.74. The molecule has 0 unspecified atom stereocenters. The number of benzene rings is 2. The fraction of sp³-hybridized carbons (Fsp3) is 0.364. The molecule has 148 valence electrons. The fourth-order valence-corrected chi connectivity index (χ4v) is 4.23. The van der Waals surface area contributed by atoms with Crippen molar-refractivity contribution < 1.29 is 9.59 Å². The van der Waals surface area contributed by atoms with Gasteiger partial charge >= 0.3 is 0 Å². The molecular weight excluding hydrogens is 392 g/mol. The van der Waals surface area contributed by atoms with E-state index >= 15 is 0 Å². The molecule has 0 aliphatic carbocycles. The molecule has 1 heterocycles. The van der Waals surface area contributed by atoms with Gasteiger partial charge in [0.25, 0.3) is 0 Å². The number of halogens is 1.